The topological polar surface area (TPSA) is 80.7 Å². The van der Waals surface area contributed by atoms with Crippen LogP contribution in [0.2, 0.25) is 0 Å². The molecule has 0 aromatic rings. The Morgan fingerprint density at radius 2 is 1.44 bits per heavy atom. The molecule has 0 aliphatic rings. The molecule has 0 saturated carbocycles. The number of esters is 1. The van der Waals surface area contributed by atoms with Crippen LogP contribution in [0.25, 0.3) is 0 Å². The van der Waals surface area contributed by atoms with Crippen molar-refractivity contribution in [2.75, 3.05) is 5.75 Å². The fourth-order valence-electron chi connectivity index (χ4n) is 3.02. The lowest BCUT2D eigenvalue weighted by Gasteiger charge is -2.12. The number of unbranched alkanes of at least 4 members (excludes halogenated alkanes) is 11. The fourth-order valence-corrected chi connectivity index (χ4v) is 3.59. The molecule has 5 nitrogen and oxygen atoms in total. The summed E-state index contributed by atoms with van der Waals surface area (Å²) in [6, 6.07) is 0. The highest BCUT2D eigenvalue weighted by Crippen LogP contribution is 2.13. The monoisotopic (exact) mass is 404 g/mol. The zero-order valence-corrected chi connectivity index (χ0v) is 18.1. The number of hydrogen-bond acceptors (Lipinski definition) is 4. The second-order valence-electron chi connectivity index (χ2n) is 7.33. The van der Waals surface area contributed by atoms with Crippen molar-refractivity contribution < 1.29 is 22.5 Å². The first-order valence-corrected chi connectivity index (χ1v) is 12.2. The highest BCUT2D eigenvalue weighted by atomic mass is 32.2. The molecule has 1 N–H and O–H groups in total. The van der Waals surface area contributed by atoms with E-state index in [-0.39, 0.29) is 17.8 Å². The van der Waals surface area contributed by atoms with Gasteiger partial charge in [-0.1, -0.05) is 70.8 Å². The van der Waals surface area contributed by atoms with Gasteiger partial charge in [-0.25, -0.2) is 0 Å². The van der Waals surface area contributed by atoms with Crippen LogP contribution in [-0.2, 0) is 19.6 Å². The molecule has 0 aliphatic carbocycles. The summed E-state index contributed by atoms with van der Waals surface area (Å²) in [6.07, 6.45) is 19.2. The van der Waals surface area contributed by atoms with Gasteiger partial charge in [-0.3, -0.25) is 9.35 Å². The molecule has 0 heterocycles. The maximum absolute atomic E-state index is 11.1. The van der Waals surface area contributed by atoms with Gasteiger partial charge >= 0.3 is 5.97 Å². The summed E-state index contributed by atoms with van der Waals surface area (Å²) in [5, 5.41) is 0. The molecule has 0 aromatic carbocycles. The number of allylic oxidation sites excluding steroid dienone is 1. The van der Waals surface area contributed by atoms with Crippen LogP contribution < -0.4 is 0 Å². The first-order valence-electron chi connectivity index (χ1n) is 10.6. The predicted octanol–water partition coefficient (Wildman–Crippen LogP) is 5.84. The van der Waals surface area contributed by atoms with E-state index in [4.69, 9.17) is 9.29 Å². The van der Waals surface area contributed by atoms with Crippen LogP contribution in [0.4, 0.5) is 0 Å². The van der Waals surface area contributed by atoms with Gasteiger partial charge in [0.1, 0.15) is 6.10 Å². The number of carbonyl (C=O) groups excluding carboxylic acids is 1. The van der Waals surface area contributed by atoms with Gasteiger partial charge in [0.05, 0.1) is 5.75 Å². The second-order valence-corrected chi connectivity index (χ2v) is 8.90. The second kappa shape index (κ2) is 17.2. The van der Waals surface area contributed by atoms with Crippen LogP contribution in [0, 0.1) is 0 Å². The highest BCUT2D eigenvalue weighted by Gasteiger charge is 2.06. The van der Waals surface area contributed by atoms with Crippen LogP contribution in [0.3, 0.4) is 0 Å². The van der Waals surface area contributed by atoms with E-state index in [1.54, 1.807) is 0 Å². The summed E-state index contributed by atoms with van der Waals surface area (Å²) in [7, 11) is -3.78. The molecule has 0 rings (SSSR count). The molecule has 1 atom stereocenters. The zero-order chi connectivity index (χ0) is 20.4. The Kier molecular flexibility index (Phi) is 16.7. The molecular weight excluding hydrogens is 364 g/mol. The quantitative estimate of drug-likeness (QED) is 0.134. The Morgan fingerprint density at radius 1 is 0.926 bits per heavy atom. The van der Waals surface area contributed by atoms with Crippen molar-refractivity contribution in [3.63, 3.8) is 0 Å². The summed E-state index contributed by atoms with van der Waals surface area (Å²) < 4.78 is 35.1. The smallest absolute Gasteiger partial charge is 0.303 e. The maximum atomic E-state index is 11.1. The lowest BCUT2D eigenvalue weighted by Crippen LogP contribution is -2.13. The van der Waals surface area contributed by atoms with Crippen molar-refractivity contribution in [1.29, 1.82) is 0 Å². The summed E-state index contributed by atoms with van der Waals surface area (Å²) >= 11 is 0. The molecule has 0 fully saturated rings. The van der Waals surface area contributed by atoms with Gasteiger partial charge in [0, 0.05) is 6.92 Å². The van der Waals surface area contributed by atoms with E-state index in [0.717, 1.165) is 44.9 Å². The van der Waals surface area contributed by atoms with Gasteiger partial charge in [0.2, 0.25) is 0 Å². The summed E-state index contributed by atoms with van der Waals surface area (Å²) in [6.45, 7) is 3.60. The Bertz CT molecular complexity index is 485. The minimum Gasteiger partial charge on any atom is -0.458 e. The molecule has 0 saturated heterocycles. The van der Waals surface area contributed by atoms with Crippen molar-refractivity contribution in [1.82, 2.24) is 0 Å². The van der Waals surface area contributed by atoms with Gasteiger partial charge in [0.25, 0.3) is 10.1 Å². The van der Waals surface area contributed by atoms with E-state index in [1.807, 2.05) is 6.08 Å². The normalized spacial score (nSPS) is 13.1. The Morgan fingerprint density at radius 3 is 1.93 bits per heavy atom. The van der Waals surface area contributed by atoms with Crippen LogP contribution in [-0.4, -0.2) is 30.8 Å². The molecule has 27 heavy (non-hydrogen) atoms. The zero-order valence-electron chi connectivity index (χ0n) is 17.3. The number of hydrogen-bond donors (Lipinski definition) is 1. The predicted molar refractivity (Wildman–Crippen MR) is 111 cm³/mol. The van der Waals surface area contributed by atoms with Crippen molar-refractivity contribution in [3.8, 4) is 0 Å². The van der Waals surface area contributed by atoms with E-state index in [2.05, 4.69) is 13.0 Å². The lowest BCUT2D eigenvalue weighted by atomic mass is 10.1. The van der Waals surface area contributed by atoms with Crippen molar-refractivity contribution in [2.45, 2.75) is 110 Å². The molecular formula is C21H40O5S. The number of rotatable bonds is 18. The summed E-state index contributed by atoms with van der Waals surface area (Å²) in [5.74, 6) is -0.319. The third kappa shape index (κ3) is 21.3. The van der Waals surface area contributed by atoms with Crippen LogP contribution >= 0.6 is 0 Å². The van der Waals surface area contributed by atoms with Crippen LogP contribution in [0.15, 0.2) is 12.2 Å². The van der Waals surface area contributed by atoms with E-state index >= 15 is 0 Å². The standard InChI is InChI=1S/C21H40O5S/c1-3-4-17-21(26-20(2)22)18-15-13-11-9-7-5-6-8-10-12-14-16-19-27(23,24)25/h15,18,21H,3-14,16-17,19H2,1-2H3,(H,23,24,25). The third-order valence-corrected chi connectivity index (χ3v) is 5.34. The van der Waals surface area contributed by atoms with Gasteiger partial charge < -0.3 is 4.74 Å². The Hall–Kier alpha value is -0.880. The minimum absolute atomic E-state index is 0.0695. The van der Waals surface area contributed by atoms with E-state index in [9.17, 15) is 13.2 Å². The third-order valence-electron chi connectivity index (χ3n) is 4.53. The van der Waals surface area contributed by atoms with E-state index in [1.165, 1.54) is 45.4 Å². The van der Waals surface area contributed by atoms with Crippen molar-refractivity contribution in [3.05, 3.63) is 12.2 Å². The van der Waals surface area contributed by atoms with Crippen LogP contribution in [0.1, 0.15) is 104 Å². The number of ether oxygens (including phenoxy) is 1. The lowest BCUT2D eigenvalue weighted by molar-refractivity contribution is -0.144. The molecule has 0 radical (unpaired) electrons. The maximum Gasteiger partial charge on any atom is 0.303 e. The van der Waals surface area contributed by atoms with Crippen LogP contribution in [0.5, 0.6) is 0 Å². The minimum atomic E-state index is -3.78. The highest BCUT2D eigenvalue weighted by molar-refractivity contribution is 7.85. The summed E-state index contributed by atoms with van der Waals surface area (Å²) in [4.78, 5) is 11.1. The average molecular weight is 405 g/mol. The van der Waals surface area contributed by atoms with Gasteiger partial charge in [-0.2, -0.15) is 8.42 Å². The van der Waals surface area contributed by atoms with E-state index < -0.39 is 10.1 Å². The molecule has 0 aliphatic heterocycles. The van der Waals surface area contributed by atoms with Gasteiger partial charge in [-0.05, 0) is 38.2 Å². The van der Waals surface area contributed by atoms with Crippen molar-refractivity contribution in [2.24, 2.45) is 0 Å². The molecule has 160 valence electrons. The molecule has 0 amide bonds. The SMILES string of the molecule is CCCCC(C=CCCCCCCCCCCCCS(=O)(=O)O)OC(C)=O. The average Bonchev–Trinajstić information content (AvgIpc) is 2.58. The molecule has 6 heteroatoms. The van der Waals surface area contributed by atoms with Gasteiger partial charge in [-0.15, -0.1) is 0 Å². The molecule has 0 bridgehead atoms. The fraction of sp³-hybridized carbons (Fsp3) is 0.857. The Labute approximate surface area is 166 Å². The van der Waals surface area contributed by atoms with Crippen molar-refractivity contribution >= 4 is 16.1 Å². The van der Waals surface area contributed by atoms with Gasteiger partial charge in [0.15, 0.2) is 0 Å². The summed E-state index contributed by atoms with van der Waals surface area (Å²) in [5.41, 5.74) is 0. The number of carbonyl (C=O) groups is 1. The van der Waals surface area contributed by atoms with E-state index in [0.29, 0.717) is 6.42 Å². The Balaban J connectivity index is 3.48. The first kappa shape index (κ1) is 26.1. The largest absolute Gasteiger partial charge is 0.458 e. The molecule has 0 spiro atoms. The molecule has 0 aromatic heterocycles. The first-order chi connectivity index (χ1) is 12.8. The molecule has 1 unspecified atom stereocenters.